The fraction of sp³-hybridized carbons (Fsp3) is 0.261. The smallest absolute Gasteiger partial charge is 0.328 e. The Bertz CT molecular complexity index is 1210. The van der Waals surface area contributed by atoms with Gasteiger partial charge >= 0.3 is 6.01 Å². The summed E-state index contributed by atoms with van der Waals surface area (Å²) in [6.45, 7) is 4.51. The third-order valence-electron chi connectivity index (χ3n) is 4.48. The van der Waals surface area contributed by atoms with Crippen LogP contribution in [0.15, 0.2) is 46.9 Å². The Morgan fingerprint density at radius 1 is 0.935 bits per heavy atom. The van der Waals surface area contributed by atoms with E-state index in [1.165, 1.54) is 0 Å². The number of benzene rings is 2. The lowest BCUT2D eigenvalue weighted by atomic mass is 10.1. The zero-order chi connectivity index (χ0) is 21.8. The summed E-state index contributed by atoms with van der Waals surface area (Å²) in [5.41, 5.74) is 2.69. The van der Waals surface area contributed by atoms with Crippen LogP contribution in [-0.2, 0) is 0 Å². The lowest BCUT2D eigenvalue weighted by molar-refractivity contribution is 0.302. The SMILES string of the molecule is CCCOc1nc(Oc2ccc(OC)c(OC)c2)nc2oc(-c3cccc(C)c3)nc12. The molecule has 2 aromatic heterocycles. The van der Waals surface area contributed by atoms with Crippen LogP contribution in [0.4, 0.5) is 0 Å². The van der Waals surface area contributed by atoms with Gasteiger partial charge in [0.2, 0.25) is 5.89 Å². The molecule has 0 saturated carbocycles. The second-order valence-corrected chi connectivity index (χ2v) is 6.82. The van der Waals surface area contributed by atoms with E-state index in [0.717, 1.165) is 17.5 Å². The summed E-state index contributed by atoms with van der Waals surface area (Å²) >= 11 is 0. The molecular weight excluding hydrogens is 398 g/mol. The molecule has 0 saturated heterocycles. The monoisotopic (exact) mass is 421 g/mol. The average molecular weight is 421 g/mol. The van der Waals surface area contributed by atoms with Crippen LogP contribution in [0.25, 0.3) is 22.7 Å². The molecule has 0 fully saturated rings. The van der Waals surface area contributed by atoms with E-state index >= 15 is 0 Å². The highest BCUT2D eigenvalue weighted by atomic mass is 16.5. The molecular formula is C23H23N3O5. The zero-order valence-corrected chi connectivity index (χ0v) is 17.8. The van der Waals surface area contributed by atoms with Crippen LogP contribution in [0.1, 0.15) is 18.9 Å². The maximum atomic E-state index is 5.92. The Kier molecular flexibility index (Phi) is 5.88. The van der Waals surface area contributed by atoms with E-state index in [4.69, 9.17) is 23.4 Å². The molecule has 0 aliphatic heterocycles. The van der Waals surface area contributed by atoms with Crippen molar-refractivity contribution in [2.45, 2.75) is 20.3 Å². The number of methoxy groups -OCH3 is 2. The summed E-state index contributed by atoms with van der Waals surface area (Å²) in [5.74, 6) is 2.36. The molecule has 160 valence electrons. The number of aromatic nitrogens is 3. The van der Waals surface area contributed by atoms with Gasteiger partial charge in [-0.15, -0.1) is 0 Å². The van der Waals surface area contributed by atoms with E-state index in [-0.39, 0.29) is 11.7 Å². The Hall–Kier alpha value is -3.81. The summed E-state index contributed by atoms with van der Waals surface area (Å²) in [4.78, 5) is 13.4. The van der Waals surface area contributed by atoms with E-state index < -0.39 is 0 Å². The van der Waals surface area contributed by atoms with Crippen LogP contribution in [0.2, 0.25) is 0 Å². The van der Waals surface area contributed by atoms with Gasteiger partial charge in [0.25, 0.3) is 11.6 Å². The molecule has 0 radical (unpaired) electrons. The lowest BCUT2D eigenvalue weighted by Gasteiger charge is -2.10. The molecule has 2 aromatic carbocycles. The molecule has 2 heterocycles. The van der Waals surface area contributed by atoms with Crippen LogP contribution in [0.3, 0.4) is 0 Å². The molecule has 8 nitrogen and oxygen atoms in total. The predicted molar refractivity (Wildman–Crippen MR) is 115 cm³/mol. The highest BCUT2D eigenvalue weighted by Gasteiger charge is 2.19. The van der Waals surface area contributed by atoms with Crippen molar-refractivity contribution < 1.29 is 23.4 Å². The van der Waals surface area contributed by atoms with Crippen LogP contribution in [0, 0.1) is 6.92 Å². The van der Waals surface area contributed by atoms with E-state index in [1.807, 2.05) is 38.1 Å². The van der Waals surface area contributed by atoms with Gasteiger partial charge in [0.15, 0.2) is 17.0 Å². The summed E-state index contributed by atoms with van der Waals surface area (Å²) in [6, 6.07) is 13.1. The first-order chi connectivity index (χ1) is 15.1. The number of aryl methyl sites for hydroxylation is 1. The minimum absolute atomic E-state index is 0.0813. The largest absolute Gasteiger partial charge is 0.493 e. The van der Waals surface area contributed by atoms with E-state index in [2.05, 4.69) is 15.0 Å². The summed E-state index contributed by atoms with van der Waals surface area (Å²) in [6.07, 6.45) is 0.819. The molecule has 0 aliphatic carbocycles. The number of hydrogen-bond acceptors (Lipinski definition) is 8. The molecule has 0 amide bonds. The van der Waals surface area contributed by atoms with Crippen LogP contribution in [-0.4, -0.2) is 35.8 Å². The van der Waals surface area contributed by atoms with Crippen molar-refractivity contribution in [3.63, 3.8) is 0 Å². The summed E-state index contributed by atoms with van der Waals surface area (Å²) < 4.78 is 28.2. The van der Waals surface area contributed by atoms with E-state index in [0.29, 0.717) is 41.1 Å². The number of oxazole rings is 1. The maximum absolute atomic E-state index is 5.92. The minimum atomic E-state index is 0.0813. The maximum Gasteiger partial charge on any atom is 0.328 e. The van der Waals surface area contributed by atoms with Gasteiger partial charge < -0.3 is 23.4 Å². The van der Waals surface area contributed by atoms with Gasteiger partial charge in [-0.2, -0.15) is 9.97 Å². The lowest BCUT2D eigenvalue weighted by Crippen LogP contribution is -2.01. The first kappa shape index (κ1) is 20.5. The first-order valence-electron chi connectivity index (χ1n) is 9.89. The Morgan fingerprint density at radius 2 is 1.77 bits per heavy atom. The van der Waals surface area contributed by atoms with E-state index in [9.17, 15) is 0 Å². The Labute approximate surface area is 179 Å². The molecule has 0 aliphatic rings. The summed E-state index contributed by atoms with van der Waals surface area (Å²) in [5, 5.41) is 0. The number of nitrogens with zero attached hydrogens (tertiary/aromatic N) is 3. The molecule has 0 unspecified atom stereocenters. The molecule has 8 heteroatoms. The number of hydrogen-bond donors (Lipinski definition) is 0. The molecule has 0 spiro atoms. The van der Waals surface area contributed by atoms with E-state index in [1.54, 1.807) is 32.4 Å². The molecule has 0 atom stereocenters. The van der Waals surface area contributed by atoms with Crippen molar-refractivity contribution in [1.82, 2.24) is 15.0 Å². The van der Waals surface area contributed by atoms with Gasteiger partial charge in [0.05, 0.1) is 20.8 Å². The van der Waals surface area contributed by atoms with Gasteiger partial charge in [-0.3, -0.25) is 0 Å². The number of rotatable bonds is 8. The molecule has 0 bridgehead atoms. The standard InChI is InChI=1S/C23H23N3O5/c1-5-11-29-21-19-22(31-20(24-19)15-8-6-7-14(2)12-15)26-23(25-21)30-16-9-10-17(27-3)18(13-16)28-4/h6-10,12-13H,5,11H2,1-4H3. The van der Waals surface area contributed by atoms with Crippen LogP contribution < -0.4 is 18.9 Å². The van der Waals surface area contributed by atoms with Crippen molar-refractivity contribution in [2.75, 3.05) is 20.8 Å². The third kappa shape index (κ3) is 4.37. The normalized spacial score (nSPS) is 10.8. The molecule has 4 aromatic rings. The number of fused-ring (bicyclic) bond motifs is 1. The fourth-order valence-corrected chi connectivity index (χ4v) is 3.01. The Morgan fingerprint density at radius 3 is 2.52 bits per heavy atom. The topological polar surface area (TPSA) is 88.7 Å². The second-order valence-electron chi connectivity index (χ2n) is 6.82. The highest BCUT2D eigenvalue weighted by molar-refractivity contribution is 5.78. The second kappa shape index (κ2) is 8.91. The molecule has 31 heavy (non-hydrogen) atoms. The minimum Gasteiger partial charge on any atom is -0.493 e. The van der Waals surface area contributed by atoms with Gasteiger partial charge in [-0.1, -0.05) is 24.6 Å². The fourth-order valence-electron chi connectivity index (χ4n) is 3.01. The first-order valence-corrected chi connectivity index (χ1v) is 9.89. The van der Waals surface area contributed by atoms with Gasteiger partial charge in [0.1, 0.15) is 5.75 Å². The average Bonchev–Trinajstić information content (AvgIpc) is 3.22. The van der Waals surface area contributed by atoms with Gasteiger partial charge in [0, 0.05) is 11.6 Å². The predicted octanol–water partition coefficient (Wildman–Crippen LogP) is 5.19. The molecule has 0 N–H and O–H groups in total. The van der Waals surface area contributed by atoms with Crippen molar-refractivity contribution in [3.05, 3.63) is 48.0 Å². The number of ether oxygens (including phenoxy) is 4. The van der Waals surface area contributed by atoms with Crippen molar-refractivity contribution in [3.8, 4) is 40.6 Å². The zero-order valence-electron chi connectivity index (χ0n) is 17.8. The van der Waals surface area contributed by atoms with Crippen molar-refractivity contribution in [1.29, 1.82) is 0 Å². The molecule has 4 rings (SSSR count). The van der Waals surface area contributed by atoms with Gasteiger partial charge in [-0.05, 0) is 37.6 Å². The quantitative estimate of drug-likeness (QED) is 0.384. The van der Waals surface area contributed by atoms with Crippen molar-refractivity contribution in [2.24, 2.45) is 0 Å². The van der Waals surface area contributed by atoms with Crippen LogP contribution in [0.5, 0.6) is 29.1 Å². The highest BCUT2D eigenvalue weighted by Crippen LogP contribution is 2.34. The van der Waals surface area contributed by atoms with Crippen LogP contribution >= 0.6 is 0 Å². The van der Waals surface area contributed by atoms with Gasteiger partial charge in [-0.25, -0.2) is 4.98 Å². The Balaban J connectivity index is 1.74. The van der Waals surface area contributed by atoms with Crippen molar-refractivity contribution >= 4 is 11.2 Å². The summed E-state index contributed by atoms with van der Waals surface area (Å²) in [7, 11) is 3.13. The third-order valence-corrected chi connectivity index (χ3v) is 4.48.